The van der Waals surface area contributed by atoms with Crippen LogP contribution < -0.4 is 0 Å². The van der Waals surface area contributed by atoms with Crippen molar-refractivity contribution in [1.29, 1.82) is 0 Å². The van der Waals surface area contributed by atoms with Crippen molar-refractivity contribution in [2.75, 3.05) is 0 Å². The number of hydrogen-bond donors (Lipinski definition) is 2. The van der Waals surface area contributed by atoms with Crippen LogP contribution in [0.4, 0.5) is 0 Å². The maximum absolute atomic E-state index is 11.9. The number of carbonyl (C=O) groups excluding carboxylic acids is 1. The SMILES string of the molecule is O=C(c1ccccc1O)C(O)Cc1cccnc1. The molecule has 1 aromatic heterocycles. The first kappa shape index (κ1) is 12.3. The van der Waals surface area contributed by atoms with Crippen LogP contribution in [-0.2, 0) is 6.42 Å². The zero-order valence-electron chi connectivity index (χ0n) is 9.65. The van der Waals surface area contributed by atoms with Crippen LogP contribution in [0.5, 0.6) is 5.75 Å². The van der Waals surface area contributed by atoms with Gasteiger partial charge in [-0.05, 0) is 23.8 Å². The summed E-state index contributed by atoms with van der Waals surface area (Å²) in [7, 11) is 0. The summed E-state index contributed by atoms with van der Waals surface area (Å²) in [5, 5.41) is 19.4. The number of ketones is 1. The van der Waals surface area contributed by atoms with Gasteiger partial charge in [0.05, 0.1) is 5.56 Å². The molecule has 0 saturated carbocycles. The number of rotatable bonds is 4. The molecule has 2 N–H and O–H groups in total. The highest BCUT2D eigenvalue weighted by atomic mass is 16.3. The van der Waals surface area contributed by atoms with Crippen LogP contribution in [0.1, 0.15) is 15.9 Å². The van der Waals surface area contributed by atoms with E-state index in [1.54, 1.807) is 36.7 Å². The zero-order valence-corrected chi connectivity index (χ0v) is 9.65. The first-order valence-corrected chi connectivity index (χ1v) is 5.57. The average Bonchev–Trinajstić information content (AvgIpc) is 2.39. The highest BCUT2D eigenvalue weighted by Crippen LogP contribution is 2.18. The molecule has 0 spiro atoms. The zero-order chi connectivity index (χ0) is 13.0. The normalized spacial score (nSPS) is 12.1. The Bertz CT molecular complexity index is 540. The van der Waals surface area contributed by atoms with Gasteiger partial charge in [-0.15, -0.1) is 0 Å². The van der Waals surface area contributed by atoms with Crippen LogP contribution in [0.2, 0.25) is 0 Å². The standard InChI is InChI=1S/C14H13NO3/c16-12-6-2-1-5-11(12)14(18)13(17)8-10-4-3-7-15-9-10/h1-7,9,13,16-17H,8H2. The summed E-state index contributed by atoms with van der Waals surface area (Å²) in [6.45, 7) is 0. The van der Waals surface area contributed by atoms with Crippen LogP contribution in [0.25, 0.3) is 0 Å². The lowest BCUT2D eigenvalue weighted by molar-refractivity contribution is 0.0745. The van der Waals surface area contributed by atoms with Crippen molar-refractivity contribution < 1.29 is 15.0 Å². The number of hydrogen-bond acceptors (Lipinski definition) is 4. The Morgan fingerprint density at radius 1 is 1.22 bits per heavy atom. The number of benzene rings is 1. The third-order valence-electron chi connectivity index (χ3n) is 2.62. The number of aromatic nitrogens is 1. The minimum Gasteiger partial charge on any atom is -0.507 e. The number of phenols is 1. The van der Waals surface area contributed by atoms with Gasteiger partial charge in [0.1, 0.15) is 11.9 Å². The summed E-state index contributed by atoms with van der Waals surface area (Å²) in [6.07, 6.45) is 2.23. The second kappa shape index (κ2) is 5.42. The second-order valence-corrected chi connectivity index (χ2v) is 3.96. The van der Waals surface area contributed by atoms with E-state index >= 15 is 0 Å². The number of pyridine rings is 1. The molecule has 0 radical (unpaired) electrons. The van der Waals surface area contributed by atoms with Crippen molar-refractivity contribution in [3.05, 3.63) is 59.9 Å². The van der Waals surface area contributed by atoms with Gasteiger partial charge in [-0.2, -0.15) is 0 Å². The van der Waals surface area contributed by atoms with E-state index in [1.165, 1.54) is 12.1 Å². The third-order valence-corrected chi connectivity index (χ3v) is 2.62. The number of aliphatic hydroxyl groups excluding tert-OH is 1. The fourth-order valence-corrected chi connectivity index (χ4v) is 1.70. The molecule has 0 amide bonds. The van der Waals surface area contributed by atoms with Gasteiger partial charge in [0.2, 0.25) is 0 Å². The van der Waals surface area contributed by atoms with Crippen molar-refractivity contribution >= 4 is 5.78 Å². The van der Waals surface area contributed by atoms with Gasteiger partial charge < -0.3 is 10.2 Å². The van der Waals surface area contributed by atoms with E-state index in [9.17, 15) is 15.0 Å². The van der Waals surface area contributed by atoms with Crippen LogP contribution in [-0.4, -0.2) is 27.1 Å². The smallest absolute Gasteiger partial charge is 0.195 e. The first-order valence-electron chi connectivity index (χ1n) is 5.57. The molecule has 0 bridgehead atoms. The summed E-state index contributed by atoms with van der Waals surface area (Å²) in [6, 6.07) is 9.71. The van der Waals surface area contributed by atoms with Crippen molar-refractivity contribution in [1.82, 2.24) is 4.98 Å². The van der Waals surface area contributed by atoms with E-state index in [0.717, 1.165) is 5.56 Å². The van der Waals surface area contributed by atoms with Crippen molar-refractivity contribution in [3.63, 3.8) is 0 Å². The van der Waals surface area contributed by atoms with Crippen LogP contribution in [0.15, 0.2) is 48.8 Å². The van der Waals surface area contributed by atoms with Gasteiger partial charge in [-0.3, -0.25) is 9.78 Å². The number of phenolic OH excluding ortho intramolecular Hbond substituents is 1. The van der Waals surface area contributed by atoms with E-state index < -0.39 is 11.9 Å². The molecule has 1 heterocycles. The van der Waals surface area contributed by atoms with Gasteiger partial charge in [0, 0.05) is 18.8 Å². The lowest BCUT2D eigenvalue weighted by atomic mass is 10.0. The van der Waals surface area contributed by atoms with Crippen LogP contribution >= 0.6 is 0 Å². The summed E-state index contributed by atoms with van der Waals surface area (Å²) < 4.78 is 0. The molecule has 0 aliphatic carbocycles. The Labute approximate surface area is 105 Å². The van der Waals surface area contributed by atoms with Crippen LogP contribution in [0, 0.1) is 0 Å². The monoisotopic (exact) mass is 243 g/mol. The van der Waals surface area contributed by atoms with E-state index in [-0.39, 0.29) is 17.7 Å². The maximum atomic E-state index is 11.9. The lowest BCUT2D eigenvalue weighted by Crippen LogP contribution is -2.23. The highest BCUT2D eigenvalue weighted by molar-refractivity contribution is 6.01. The lowest BCUT2D eigenvalue weighted by Gasteiger charge is -2.10. The van der Waals surface area contributed by atoms with Crippen molar-refractivity contribution in [2.45, 2.75) is 12.5 Å². The molecule has 0 fully saturated rings. The number of nitrogens with zero attached hydrogens (tertiary/aromatic N) is 1. The fraction of sp³-hybridized carbons (Fsp3) is 0.143. The maximum Gasteiger partial charge on any atom is 0.195 e. The summed E-state index contributed by atoms with van der Waals surface area (Å²) in [5.41, 5.74) is 0.905. The van der Waals surface area contributed by atoms with E-state index in [0.29, 0.717) is 0 Å². The van der Waals surface area contributed by atoms with Gasteiger partial charge in [-0.25, -0.2) is 0 Å². The number of carbonyl (C=O) groups is 1. The molecule has 1 unspecified atom stereocenters. The molecule has 92 valence electrons. The third kappa shape index (κ3) is 2.73. The number of Topliss-reactive ketones (excluding diaryl/α,β-unsaturated/α-hetero) is 1. The van der Waals surface area contributed by atoms with E-state index in [4.69, 9.17) is 0 Å². The number of aromatic hydroxyl groups is 1. The van der Waals surface area contributed by atoms with E-state index in [2.05, 4.69) is 4.98 Å². The summed E-state index contributed by atoms with van der Waals surface area (Å²) in [5.74, 6) is -0.607. The first-order chi connectivity index (χ1) is 8.68. The Kier molecular flexibility index (Phi) is 3.69. The largest absolute Gasteiger partial charge is 0.507 e. The molecule has 0 aliphatic rings. The van der Waals surface area contributed by atoms with Gasteiger partial charge >= 0.3 is 0 Å². The van der Waals surface area contributed by atoms with Crippen molar-refractivity contribution in [3.8, 4) is 5.75 Å². The Hall–Kier alpha value is -2.20. The molecule has 4 heteroatoms. The van der Waals surface area contributed by atoms with Gasteiger partial charge in [0.15, 0.2) is 5.78 Å². The van der Waals surface area contributed by atoms with Crippen LogP contribution in [0.3, 0.4) is 0 Å². The molecule has 1 aromatic carbocycles. The Morgan fingerprint density at radius 2 is 2.00 bits per heavy atom. The average molecular weight is 243 g/mol. The summed E-state index contributed by atoms with van der Waals surface area (Å²) >= 11 is 0. The Balaban J connectivity index is 2.13. The topological polar surface area (TPSA) is 70.4 Å². The molecule has 2 rings (SSSR count). The van der Waals surface area contributed by atoms with E-state index in [1.807, 2.05) is 0 Å². The van der Waals surface area contributed by atoms with Gasteiger partial charge in [-0.1, -0.05) is 18.2 Å². The molecule has 18 heavy (non-hydrogen) atoms. The predicted octanol–water partition coefficient (Wildman–Crippen LogP) is 1.57. The fourth-order valence-electron chi connectivity index (χ4n) is 1.70. The summed E-state index contributed by atoms with van der Waals surface area (Å²) in [4.78, 5) is 15.9. The molecule has 0 aliphatic heterocycles. The minimum atomic E-state index is -1.18. The second-order valence-electron chi connectivity index (χ2n) is 3.96. The molecular weight excluding hydrogens is 230 g/mol. The van der Waals surface area contributed by atoms with Gasteiger partial charge in [0.25, 0.3) is 0 Å². The molecule has 0 saturated heterocycles. The number of aliphatic hydroxyl groups is 1. The quantitative estimate of drug-likeness (QED) is 0.800. The molecule has 2 aromatic rings. The molecule has 1 atom stereocenters. The highest BCUT2D eigenvalue weighted by Gasteiger charge is 2.20. The Morgan fingerprint density at radius 3 is 2.67 bits per heavy atom. The number of para-hydroxylation sites is 1. The molecule has 4 nitrogen and oxygen atoms in total. The van der Waals surface area contributed by atoms with Crippen molar-refractivity contribution in [2.24, 2.45) is 0 Å². The predicted molar refractivity (Wildman–Crippen MR) is 66.4 cm³/mol. The molecular formula is C14H13NO3. The minimum absolute atomic E-state index is 0.118.